The maximum absolute atomic E-state index is 11.9. The van der Waals surface area contributed by atoms with Gasteiger partial charge in [-0.3, -0.25) is 15.6 Å². The van der Waals surface area contributed by atoms with Crippen LogP contribution in [-0.2, 0) is 4.79 Å². The third-order valence-corrected chi connectivity index (χ3v) is 5.89. The summed E-state index contributed by atoms with van der Waals surface area (Å²) in [5.41, 5.74) is 7.74. The number of fused-ring (bicyclic) bond motifs is 1. The number of nitrogens with one attached hydrogen (secondary N) is 2. The third kappa shape index (κ3) is 4.49. The first kappa shape index (κ1) is 17.3. The second-order valence-electron chi connectivity index (χ2n) is 5.19. The molecule has 0 aliphatic carbocycles. The number of para-hydroxylation sites is 1. The minimum Gasteiger partial charge on any atom is -0.273 e. The molecule has 0 saturated carbocycles. The zero-order valence-corrected chi connectivity index (χ0v) is 16.2. The molecule has 1 aromatic heterocycles. The summed E-state index contributed by atoms with van der Waals surface area (Å²) in [5, 5.41) is 0.677. The molecular weight excluding hydrogens is 406 g/mol. The van der Waals surface area contributed by atoms with Crippen molar-refractivity contribution >= 4 is 60.3 Å². The first-order valence-corrected chi connectivity index (χ1v) is 10.0. The first-order chi connectivity index (χ1) is 11.6. The van der Waals surface area contributed by atoms with Gasteiger partial charge in [0.25, 0.3) is 0 Å². The number of amides is 1. The van der Waals surface area contributed by atoms with Gasteiger partial charge in [-0.25, -0.2) is 4.98 Å². The first-order valence-electron chi connectivity index (χ1n) is 7.41. The van der Waals surface area contributed by atoms with Crippen LogP contribution in [0, 0.1) is 6.92 Å². The Balaban J connectivity index is 1.46. The summed E-state index contributed by atoms with van der Waals surface area (Å²) < 4.78 is 2.01. The number of thiazole rings is 1. The van der Waals surface area contributed by atoms with Gasteiger partial charge >= 0.3 is 0 Å². The number of thioether (sulfide) groups is 1. The lowest BCUT2D eigenvalue weighted by Gasteiger charge is -2.05. The highest BCUT2D eigenvalue weighted by Gasteiger charge is 2.07. The van der Waals surface area contributed by atoms with Crippen molar-refractivity contribution in [3.05, 3.63) is 52.5 Å². The summed E-state index contributed by atoms with van der Waals surface area (Å²) in [6.45, 7) is 2.06. The van der Waals surface area contributed by atoms with Crippen molar-refractivity contribution in [3.63, 3.8) is 0 Å². The van der Waals surface area contributed by atoms with Crippen LogP contribution < -0.4 is 10.9 Å². The van der Waals surface area contributed by atoms with Crippen molar-refractivity contribution in [2.24, 2.45) is 0 Å². The van der Waals surface area contributed by atoms with Crippen LogP contribution in [0.3, 0.4) is 0 Å². The van der Waals surface area contributed by atoms with E-state index in [9.17, 15) is 4.79 Å². The average molecular weight is 422 g/mol. The fourth-order valence-electron chi connectivity index (χ4n) is 2.05. The molecular formula is C17H16BrN3OS2. The molecule has 0 aliphatic heterocycles. The number of anilines is 1. The highest BCUT2D eigenvalue weighted by atomic mass is 79.9. The molecule has 7 heteroatoms. The number of hydrogen-bond donors (Lipinski definition) is 2. The molecule has 0 fully saturated rings. The number of benzene rings is 2. The number of hydrogen-bond acceptors (Lipinski definition) is 5. The molecule has 0 radical (unpaired) electrons. The lowest BCUT2D eigenvalue weighted by Crippen LogP contribution is -2.29. The minimum absolute atomic E-state index is 0.0482. The van der Waals surface area contributed by atoms with E-state index < -0.39 is 0 Å². The Kier molecular flexibility index (Phi) is 5.76. The predicted molar refractivity (Wildman–Crippen MR) is 106 cm³/mol. The normalized spacial score (nSPS) is 10.8. The lowest BCUT2D eigenvalue weighted by molar-refractivity contribution is -0.120. The van der Waals surface area contributed by atoms with Crippen LogP contribution in [0.15, 0.2) is 51.8 Å². The molecule has 0 unspecified atom stereocenters. The summed E-state index contributed by atoms with van der Waals surface area (Å²) in [6, 6.07) is 14.2. The Morgan fingerprint density at radius 2 is 2.04 bits per heavy atom. The molecule has 1 heterocycles. The molecule has 0 atom stereocenters. The quantitative estimate of drug-likeness (QED) is 0.434. The van der Waals surface area contributed by atoms with E-state index in [0.717, 1.165) is 20.4 Å². The molecule has 24 heavy (non-hydrogen) atoms. The van der Waals surface area contributed by atoms with Gasteiger partial charge in [0.2, 0.25) is 11.0 Å². The monoisotopic (exact) mass is 421 g/mol. The fourth-order valence-corrected chi connectivity index (χ4v) is 4.33. The number of aromatic nitrogens is 1. The molecule has 4 nitrogen and oxygen atoms in total. The van der Waals surface area contributed by atoms with Gasteiger partial charge in [-0.15, -0.1) is 11.8 Å². The van der Waals surface area contributed by atoms with Crippen LogP contribution in [0.5, 0.6) is 0 Å². The number of carbonyl (C=O) groups is 1. The Hall–Kier alpha value is -1.57. The van der Waals surface area contributed by atoms with E-state index >= 15 is 0 Å². The number of aryl methyl sites for hydroxylation is 1. The van der Waals surface area contributed by atoms with Crippen LogP contribution in [0.25, 0.3) is 10.2 Å². The summed E-state index contributed by atoms with van der Waals surface area (Å²) in [6.07, 6.45) is 0.445. The number of rotatable bonds is 6. The van der Waals surface area contributed by atoms with Crippen LogP contribution in [0.2, 0.25) is 0 Å². The van der Waals surface area contributed by atoms with Crippen molar-refractivity contribution in [2.75, 3.05) is 11.2 Å². The van der Waals surface area contributed by atoms with Crippen molar-refractivity contribution in [2.45, 2.75) is 18.2 Å². The van der Waals surface area contributed by atoms with Crippen molar-refractivity contribution < 1.29 is 4.79 Å². The fraction of sp³-hybridized carbons (Fsp3) is 0.176. The van der Waals surface area contributed by atoms with Gasteiger partial charge in [-0.1, -0.05) is 35.1 Å². The summed E-state index contributed by atoms with van der Waals surface area (Å²) in [5.74, 6) is 0.690. The molecule has 0 spiro atoms. The van der Waals surface area contributed by atoms with E-state index in [0.29, 0.717) is 11.6 Å². The van der Waals surface area contributed by atoms with Gasteiger partial charge in [-0.2, -0.15) is 0 Å². The molecule has 2 aromatic carbocycles. The number of halogens is 1. The second kappa shape index (κ2) is 8.00. The number of nitrogens with zero attached hydrogens (tertiary/aromatic N) is 1. The molecule has 1 amide bonds. The topological polar surface area (TPSA) is 54.0 Å². The van der Waals surface area contributed by atoms with Gasteiger partial charge < -0.3 is 0 Å². The average Bonchev–Trinajstić information content (AvgIpc) is 2.99. The smallest absolute Gasteiger partial charge is 0.239 e. The van der Waals surface area contributed by atoms with Crippen LogP contribution >= 0.6 is 39.0 Å². The summed E-state index contributed by atoms with van der Waals surface area (Å²) >= 11 is 6.66. The zero-order chi connectivity index (χ0) is 16.9. The standard InChI is InChI=1S/C17H16BrN3OS2/c1-11-5-7-12(8-6-11)23-10-9-15(22)20-21-17-19-16-13(18)3-2-4-14(16)24-17/h2-8H,9-10H2,1H3,(H,19,21)(H,20,22). The molecule has 0 bridgehead atoms. The van der Waals surface area contributed by atoms with Crippen LogP contribution in [0.4, 0.5) is 5.13 Å². The van der Waals surface area contributed by atoms with Crippen LogP contribution in [0.1, 0.15) is 12.0 Å². The summed E-state index contributed by atoms with van der Waals surface area (Å²) in [7, 11) is 0. The lowest BCUT2D eigenvalue weighted by atomic mass is 10.2. The predicted octanol–water partition coefficient (Wildman–Crippen LogP) is 4.99. The largest absolute Gasteiger partial charge is 0.273 e. The second-order valence-corrected chi connectivity index (χ2v) is 8.24. The van der Waals surface area contributed by atoms with Crippen molar-refractivity contribution in [1.29, 1.82) is 0 Å². The Bertz CT molecular complexity index is 849. The number of hydrazine groups is 1. The molecule has 124 valence electrons. The van der Waals surface area contributed by atoms with Gasteiger partial charge in [0.05, 0.1) is 10.2 Å². The molecule has 3 rings (SSSR count). The maximum Gasteiger partial charge on any atom is 0.239 e. The van der Waals surface area contributed by atoms with Gasteiger partial charge in [0, 0.05) is 21.5 Å². The number of carbonyl (C=O) groups excluding carboxylic acids is 1. The molecule has 2 N–H and O–H groups in total. The SMILES string of the molecule is Cc1ccc(SCCC(=O)NNc2nc3c(Br)cccc3s2)cc1. The molecule has 0 saturated heterocycles. The third-order valence-electron chi connectivity index (χ3n) is 3.30. The van der Waals surface area contributed by atoms with Crippen LogP contribution in [-0.4, -0.2) is 16.6 Å². The maximum atomic E-state index is 11.9. The summed E-state index contributed by atoms with van der Waals surface area (Å²) in [4.78, 5) is 17.6. The van der Waals surface area contributed by atoms with Gasteiger partial charge in [0.15, 0.2) is 0 Å². The van der Waals surface area contributed by atoms with E-state index in [1.807, 2.05) is 18.2 Å². The Morgan fingerprint density at radius 3 is 2.79 bits per heavy atom. The zero-order valence-electron chi connectivity index (χ0n) is 13.0. The van der Waals surface area contributed by atoms with Gasteiger partial charge in [-0.05, 0) is 47.1 Å². The van der Waals surface area contributed by atoms with E-state index in [1.54, 1.807) is 11.8 Å². The van der Waals surface area contributed by atoms with Crippen molar-refractivity contribution in [3.8, 4) is 0 Å². The van der Waals surface area contributed by atoms with Crippen molar-refractivity contribution in [1.82, 2.24) is 10.4 Å². The van der Waals surface area contributed by atoms with E-state index in [-0.39, 0.29) is 5.91 Å². The minimum atomic E-state index is -0.0482. The molecule has 0 aliphatic rings. The van der Waals surface area contributed by atoms with E-state index in [4.69, 9.17) is 0 Å². The van der Waals surface area contributed by atoms with E-state index in [1.165, 1.54) is 21.8 Å². The molecule has 3 aromatic rings. The Morgan fingerprint density at radius 1 is 1.25 bits per heavy atom. The van der Waals surface area contributed by atoms with Gasteiger partial charge in [0.1, 0.15) is 0 Å². The highest BCUT2D eigenvalue weighted by Crippen LogP contribution is 2.30. The Labute approximate surface area is 157 Å². The van der Waals surface area contributed by atoms with E-state index in [2.05, 4.69) is 63.0 Å². The highest BCUT2D eigenvalue weighted by molar-refractivity contribution is 9.10.